The van der Waals surface area contributed by atoms with Crippen LogP contribution < -0.4 is 0 Å². The first-order chi connectivity index (χ1) is 16.6. The summed E-state index contributed by atoms with van der Waals surface area (Å²) in [7, 11) is 0. The van der Waals surface area contributed by atoms with Gasteiger partial charge in [0.05, 0.1) is 85.4 Å². The molecule has 0 saturated heterocycles. The fourth-order valence-corrected chi connectivity index (χ4v) is 2.70. The Labute approximate surface area is 206 Å². The minimum atomic E-state index is -1.43. The van der Waals surface area contributed by atoms with Crippen molar-refractivity contribution in [1.82, 2.24) is 0 Å². The van der Waals surface area contributed by atoms with Gasteiger partial charge < -0.3 is 64.5 Å². The minimum absolute atomic E-state index is 0.00769. The van der Waals surface area contributed by atoms with Gasteiger partial charge >= 0.3 is 0 Å². The highest BCUT2D eigenvalue weighted by Crippen LogP contribution is 2.21. The van der Waals surface area contributed by atoms with E-state index in [1.54, 1.807) is 13.8 Å². The SMILES string of the molecule is CCC(O)COCC(CO)(COCC(CC)(COCC(O)CO)OCC(O)CO)OCC(O)CO. The summed E-state index contributed by atoms with van der Waals surface area (Å²) in [5.74, 6) is 0. The summed E-state index contributed by atoms with van der Waals surface area (Å²) < 4.78 is 28.2. The molecule has 13 heteroatoms. The predicted molar refractivity (Wildman–Crippen MR) is 123 cm³/mol. The van der Waals surface area contributed by atoms with Crippen molar-refractivity contribution in [3.05, 3.63) is 0 Å². The largest absolute Gasteiger partial charge is 0.394 e. The molecule has 0 saturated carbocycles. The van der Waals surface area contributed by atoms with Crippen molar-refractivity contribution in [2.24, 2.45) is 0 Å². The molecule has 212 valence electrons. The highest BCUT2D eigenvalue weighted by Gasteiger charge is 2.36. The van der Waals surface area contributed by atoms with Crippen molar-refractivity contribution in [3.63, 3.8) is 0 Å². The van der Waals surface area contributed by atoms with Crippen molar-refractivity contribution in [3.8, 4) is 0 Å². The molecule has 0 aromatic rings. The van der Waals surface area contributed by atoms with Crippen molar-refractivity contribution in [2.75, 3.05) is 79.3 Å². The summed E-state index contributed by atoms with van der Waals surface area (Å²) in [6, 6.07) is 0. The lowest BCUT2D eigenvalue weighted by molar-refractivity contribution is -0.200. The van der Waals surface area contributed by atoms with Crippen LogP contribution in [0.25, 0.3) is 0 Å². The van der Waals surface area contributed by atoms with Gasteiger partial charge in [-0.05, 0) is 12.8 Å². The Balaban J connectivity index is 5.33. The second-order valence-corrected chi connectivity index (χ2v) is 8.59. The third-order valence-corrected chi connectivity index (χ3v) is 5.28. The van der Waals surface area contributed by atoms with E-state index in [1.807, 2.05) is 0 Å². The summed E-state index contributed by atoms with van der Waals surface area (Å²) in [5.41, 5.74) is -2.54. The van der Waals surface area contributed by atoms with Crippen molar-refractivity contribution in [1.29, 1.82) is 0 Å². The van der Waals surface area contributed by atoms with Gasteiger partial charge in [0, 0.05) is 0 Å². The number of hydrogen-bond acceptors (Lipinski definition) is 13. The molecule has 35 heavy (non-hydrogen) atoms. The fraction of sp³-hybridized carbons (Fsp3) is 1.00. The maximum absolute atomic E-state index is 10.0. The topological polar surface area (TPSA) is 208 Å². The lowest BCUT2D eigenvalue weighted by Crippen LogP contribution is -2.51. The zero-order chi connectivity index (χ0) is 26.7. The van der Waals surface area contributed by atoms with Crippen LogP contribution in [0.15, 0.2) is 0 Å². The summed E-state index contributed by atoms with van der Waals surface area (Å²) in [5, 5.41) is 75.8. The molecule has 6 unspecified atom stereocenters. The number of rotatable bonds is 24. The standard InChI is InChI=1S/C22H46O13/c1-3-17(27)8-31-15-22(12-26,35-11-20(30)7-25)16-33-14-21(4-2,34-10-19(29)6-24)13-32-9-18(28)5-23/h17-20,23-30H,3-16H2,1-2H3. The van der Waals surface area contributed by atoms with E-state index >= 15 is 0 Å². The Kier molecular flexibility index (Phi) is 19.3. The molecule has 0 amide bonds. The van der Waals surface area contributed by atoms with Gasteiger partial charge in [-0.3, -0.25) is 0 Å². The third kappa shape index (κ3) is 14.7. The quantitative estimate of drug-likeness (QED) is 0.0633. The lowest BCUT2D eigenvalue weighted by atomic mass is 10.0. The molecule has 0 aromatic heterocycles. The molecule has 8 N–H and O–H groups in total. The van der Waals surface area contributed by atoms with E-state index in [2.05, 4.69) is 0 Å². The van der Waals surface area contributed by atoms with E-state index in [4.69, 9.17) is 39.0 Å². The van der Waals surface area contributed by atoms with Crippen LogP contribution in [0.5, 0.6) is 0 Å². The Bertz CT molecular complexity index is 458. The second-order valence-electron chi connectivity index (χ2n) is 8.59. The van der Waals surface area contributed by atoms with Gasteiger partial charge in [-0.15, -0.1) is 0 Å². The average Bonchev–Trinajstić information content (AvgIpc) is 2.88. The first kappa shape index (κ1) is 34.5. The summed E-state index contributed by atoms with van der Waals surface area (Å²) in [4.78, 5) is 0. The monoisotopic (exact) mass is 518 g/mol. The Morgan fingerprint density at radius 2 is 0.943 bits per heavy atom. The lowest BCUT2D eigenvalue weighted by Gasteiger charge is -2.36. The molecule has 0 bridgehead atoms. The zero-order valence-electron chi connectivity index (χ0n) is 20.8. The van der Waals surface area contributed by atoms with Crippen LogP contribution in [-0.2, 0) is 23.7 Å². The molecule has 13 nitrogen and oxygen atoms in total. The number of hydrogen-bond donors (Lipinski definition) is 8. The summed E-state index contributed by atoms with van der Waals surface area (Å²) in [6.45, 7) is 0.171. The van der Waals surface area contributed by atoms with Crippen LogP contribution in [-0.4, -0.2) is 156 Å². The van der Waals surface area contributed by atoms with E-state index < -0.39 is 62.0 Å². The van der Waals surface area contributed by atoms with Crippen molar-refractivity contribution < 1.29 is 64.5 Å². The van der Waals surface area contributed by atoms with E-state index in [1.165, 1.54) is 0 Å². The minimum Gasteiger partial charge on any atom is -0.394 e. The van der Waals surface area contributed by atoms with Crippen LogP contribution >= 0.6 is 0 Å². The predicted octanol–water partition coefficient (Wildman–Crippen LogP) is -3.22. The van der Waals surface area contributed by atoms with Gasteiger partial charge in [0.25, 0.3) is 0 Å². The average molecular weight is 519 g/mol. The highest BCUT2D eigenvalue weighted by atomic mass is 16.6. The van der Waals surface area contributed by atoms with E-state index in [0.29, 0.717) is 12.8 Å². The molecular weight excluding hydrogens is 472 g/mol. The molecule has 0 aliphatic carbocycles. The molecule has 0 radical (unpaired) electrons. The van der Waals surface area contributed by atoms with E-state index in [-0.39, 0.29) is 52.9 Å². The number of ether oxygens (including phenoxy) is 5. The molecule has 0 aliphatic heterocycles. The maximum atomic E-state index is 10.0. The fourth-order valence-electron chi connectivity index (χ4n) is 2.70. The number of aliphatic hydroxyl groups is 8. The molecule has 6 atom stereocenters. The third-order valence-electron chi connectivity index (χ3n) is 5.28. The van der Waals surface area contributed by atoms with E-state index in [9.17, 15) is 25.5 Å². The van der Waals surface area contributed by atoms with Gasteiger partial charge in [0.15, 0.2) is 0 Å². The van der Waals surface area contributed by atoms with E-state index in [0.717, 1.165) is 0 Å². The van der Waals surface area contributed by atoms with Crippen LogP contribution in [0.2, 0.25) is 0 Å². The number of aliphatic hydroxyl groups excluding tert-OH is 8. The van der Waals surface area contributed by atoms with Crippen molar-refractivity contribution >= 4 is 0 Å². The van der Waals surface area contributed by atoms with Gasteiger partial charge in [0.1, 0.15) is 29.5 Å². The Morgan fingerprint density at radius 1 is 0.543 bits per heavy atom. The normalized spacial score (nSPS) is 19.0. The summed E-state index contributed by atoms with van der Waals surface area (Å²) in [6.07, 6.45) is -3.31. The van der Waals surface area contributed by atoms with Gasteiger partial charge in [-0.25, -0.2) is 0 Å². The van der Waals surface area contributed by atoms with Crippen molar-refractivity contribution in [2.45, 2.75) is 62.3 Å². The van der Waals surface area contributed by atoms with Gasteiger partial charge in [0.2, 0.25) is 0 Å². The van der Waals surface area contributed by atoms with Crippen LogP contribution in [0, 0.1) is 0 Å². The van der Waals surface area contributed by atoms with Crippen LogP contribution in [0.3, 0.4) is 0 Å². The molecule has 0 spiro atoms. The highest BCUT2D eigenvalue weighted by molar-refractivity contribution is 4.84. The molecule has 0 rings (SSSR count). The molecule has 0 heterocycles. The van der Waals surface area contributed by atoms with Gasteiger partial charge in [-0.2, -0.15) is 0 Å². The maximum Gasteiger partial charge on any atom is 0.138 e. The zero-order valence-corrected chi connectivity index (χ0v) is 20.8. The first-order valence-corrected chi connectivity index (χ1v) is 11.8. The van der Waals surface area contributed by atoms with Crippen LogP contribution in [0.1, 0.15) is 26.7 Å². The Hall–Kier alpha value is -0.520. The second kappa shape index (κ2) is 19.6. The molecule has 0 aliphatic rings. The summed E-state index contributed by atoms with van der Waals surface area (Å²) >= 11 is 0. The molecule has 0 fully saturated rings. The smallest absolute Gasteiger partial charge is 0.138 e. The van der Waals surface area contributed by atoms with Crippen LogP contribution in [0.4, 0.5) is 0 Å². The first-order valence-electron chi connectivity index (χ1n) is 11.8. The molecule has 0 aromatic carbocycles. The Morgan fingerprint density at radius 3 is 1.40 bits per heavy atom. The van der Waals surface area contributed by atoms with Gasteiger partial charge in [-0.1, -0.05) is 13.8 Å². The molecular formula is C22H46O13.